The Morgan fingerprint density at radius 1 is 1.36 bits per heavy atom. The molecule has 76 valence electrons. The Labute approximate surface area is 90.5 Å². The van der Waals surface area contributed by atoms with Crippen LogP contribution >= 0.6 is 15.9 Å². The predicted octanol–water partition coefficient (Wildman–Crippen LogP) is 1.11. The van der Waals surface area contributed by atoms with Gasteiger partial charge < -0.3 is 14.9 Å². The number of ether oxygens (including phenoxy) is 1. The molecule has 0 aromatic heterocycles. The zero-order chi connectivity index (χ0) is 10.2. The van der Waals surface area contributed by atoms with Gasteiger partial charge in [-0.2, -0.15) is 0 Å². The van der Waals surface area contributed by atoms with Gasteiger partial charge in [-0.05, 0) is 17.7 Å². The summed E-state index contributed by atoms with van der Waals surface area (Å²) in [6.45, 7) is -0.342. The summed E-state index contributed by atoms with van der Waals surface area (Å²) in [6.07, 6.45) is 0.558. The van der Waals surface area contributed by atoms with Crippen molar-refractivity contribution in [2.75, 3.05) is 13.2 Å². The second-order valence-corrected chi connectivity index (χ2v) is 4.45. The van der Waals surface area contributed by atoms with Gasteiger partial charge in [0.1, 0.15) is 5.75 Å². The molecule has 0 saturated carbocycles. The van der Waals surface area contributed by atoms with Crippen molar-refractivity contribution in [2.45, 2.75) is 12.0 Å². The summed E-state index contributed by atoms with van der Waals surface area (Å²) in [6, 6.07) is 5.71. The molecule has 1 aromatic rings. The smallest absolute Gasteiger partial charge is 0.159 e. The lowest BCUT2D eigenvalue weighted by molar-refractivity contribution is -0.0175. The van der Waals surface area contributed by atoms with Crippen molar-refractivity contribution in [3.05, 3.63) is 28.2 Å². The summed E-state index contributed by atoms with van der Waals surface area (Å²) in [5.74, 6) is 0.738. The summed E-state index contributed by atoms with van der Waals surface area (Å²) in [5, 5.41) is 18.3. The van der Waals surface area contributed by atoms with Crippen molar-refractivity contribution in [1.82, 2.24) is 0 Å². The topological polar surface area (TPSA) is 49.7 Å². The van der Waals surface area contributed by atoms with E-state index >= 15 is 0 Å². The van der Waals surface area contributed by atoms with Gasteiger partial charge in [0.2, 0.25) is 0 Å². The van der Waals surface area contributed by atoms with Crippen molar-refractivity contribution in [1.29, 1.82) is 0 Å². The van der Waals surface area contributed by atoms with Crippen LogP contribution in [-0.4, -0.2) is 29.0 Å². The number of aliphatic hydroxyl groups is 2. The SMILES string of the molecule is OCC1(CO)Cc2ccc(Br)cc2O1. The van der Waals surface area contributed by atoms with Gasteiger partial charge in [-0.3, -0.25) is 0 Å². The van der Waals surface area contributed by atoms with Crippen LogP contribution in [0.3, 0.4) is 0 Å². The molecule has 0 bridgehead atoms. The lowest BCUT2D eigenvalue weighted by Gasteiger charge is -2.23. The lowest BCUT2D eigenvalue weighted by Crippen LogP contribution is -2.42. The van der Waals surface area contributed by atoms with E-state index in [1.54, 1.807) is 0 Å². The van der Waals surface area contributed by atoms with E-state index in [-0.39, 0.29) is 13.2 Å². The van der Waals surface area contributed by atoms with E-state index in [9.17, 15) is 0 Å². The molecule has 2 N–H and O–H groups in total. The second-order valence-electron chi connectivity index (χ2n) is 3.53. The number of hydrogen-bond donors (Lipinski definition) is 2. The highest BCUT2D eigenvalue weighted by Gasteiger charge is 2.38. The van der Waals surface area contributed by atoms with E-state index in [1.807, 2.05) is 18.2 Å². The third-order valence-corrected chi connectivity index (χ3v) is 2.94. The van der Waals surface area contributed by atoms with Gasteiger partial charge in [-0.25, -0.2) is 0 Å². The molecular weight excluding hydrogens is 248 g/mol. The molecule has 0 unspecified atom stereocenters. The molecule has 1 heterocycles. The maximum absolute atomic E-state index is 9.16. The molecule has 0 aliphatic carbocycles. The molecule has 4 heteroatoms. The molecule has 0 spiro atoms. The molecule has 0 amide bonds. The van der Waals surface area contributed by atoms with Crippen LogP contribution in [0.15, 0.2) is 22.7 Å². The second kappa shape index (κ2) is 3.53. The molecule has 0 radical (unpaired) electrons. The molecule has 2 rings (SSSR count). The van der Waals surface area contributed by atoms with E-state index in [4.69, 9.17) is 14.9 Å². The highest BCUT2D eigenvalue weighted by Crippen LogP contribution is 2.36. The first kappa shape index (κ1) is 9.96. The molecule has 14 heavy (non-hydrogen) atoms. The fourth-order valence-corrected chi connectivity index (χ4v) is 1.95. The molecular formula is C10H11BrO3. The highest BCUT2D eigenvalue weighted by molar-refractivity contribution is 9.10. The predicted molar refractivity (Wildman–Crippen MR) is 55.4 cm³/mol. The number of rotatable bonds is 2. The van der Waals surface area contributed by atoms with Crippen LogP contribution in [0.1, 0.15) is 5.56 Å². The van der Waals surface area contributed by atoms with Gasteiger partial charge in [0.25, 0.3) is 0 Å². The van der Waals surface area contributed by atoms with Gasteiger partial charge >= 0.3 is 0 Å². The van der Waals surface area contributed by atoms with E-state index in [1.165, 1.54) is 0 Å². The van der Waals surface area contributed by atoms with Crippen molar-refractivity contribution in [3.63, 3.8) is 0 Å². The molecule has 0 atom stereocenters. The molecule has 1 aliphatic rings. The van der Waals surface area contributed by atoms with Crippen LogP contribution in [0.2, 0.25) is 0 Å². The van der Waals surface area contributed by atoms with Gasteiger partial charge in [0, 0.05) is 10.9 Å². The summed E-state index contributed by atoms with van der Waals surface area (Å²) < 4.78 is 6.48. The Hall–Kier alpha value is -0.580. The van der Waals surface area contributed by atoms with E-state index in [2.05, 4.69) is 15.9 Å². The quantitative estimate of drug-likeness (QED) is 0.836. The molecule has 1 aromatic carbocycles. The third-order valence-electron chi connectivity index (χ3n) is 2.44. The standard InChI is InChI=1S/C10H11BrO3/c11-8-2-1-7-4-10(5-12,6-13)14-9(7)3-8/h1-3,12-13H,4-6H2. The van der Waals surface area contributed by atoms with E-state index < -0.39 is 5.60 Å². The molecule has 3 nitrogen and oxygen atoms in total. The Morgan fingerprint density at radius 2 is 2.07 bits per heavy atom. The van der Waals surface area contributed by atoms with Crippen molar-refractivity contribution in [2.24, 2.45) is 0 Å². The van der Waals surface area contributed by atoms with Gasteiger partial charge in [0.05, 0.1) is 13.2 Å². The summed E-state index contributed by atoms with van der Waals surface area (Å²) in [5.41, 5.74) is 0.194. The van der Waals surface area contributed by atoms with Crippen molar-refractivity contribution >= 4 is 15.9 Å². The average molecular weight is 259 g/mol. The van der Waals surface area contributed by atoms with Crippen LogP contribution in [0.4, 0.5) is 0 Å². The van der Waals surface area contributed by atoms with Crippen LogP contribution in [-0.2, 0) is 6.42 Å². The van der Waals surface area contributed by atoms with Gasteiger partial charge in [-0.1, -0.05) is 22.0 Å². The average Bonchev–Trinajstić information content (AvgIpc) is 2.56. The first-order valence-electron chi connectivity index (χ1n) is 4.38. The minimum atomic E-state index is -0.830. The molecule has 0 saturated heterocycles. The maximum atomic E-state index is 9.16. The van der Waals surface area contributed by atoms with Crippen LogP contribution in [0.25, 0.3) is 0 Å². The zero-order valence-electron chi connectivity index (χ0n) is 7.53. The molecule has 1 aliphatic heterocycles. The number of halogens is 1. The van der Waals surface area contributed by atoms with E-state index in [0.717, 1.165) is 15.8 Å². The Morgan fingerprint density at radius 3 is 2.71 bits per heavy atom. The number of aliphatic hydroxyl groups excluding tert-OH is 2. The van der Waals surface area contributed by atoms with Gasteiger partial charge in [-0.15, -0.1) is 0 Å². The largest absolute Gasteiger partial charge is 0.482 e. The summed E-state index contributed by atoms with van der Waals surface area (Å²) >= 11 is 3.34. The number of hydrogen-bond acceptors (Lipinski definition) is 3. The maximum Gasteiger partial charge on any atom is 0.159 e. The van der Waals surface area contributed by atoms with Crippen LogP contribution in [0.5, 0.6) is 5.75 Å². The first-order chi connectivity index (χ1) is 6.69. The van der Waals surface area contributed by atoms with E-state index in [0.29, 0.717) is 6.42 Å². The summed E-state index contributed by atoms with van der Waals surface area (Å²) in [7, 11) is 0. The minimum absolute atomic E-state index is 0.171. The Bertz CT molecular complexity index is 347. The summed E-state index contributed by atoms with van der Waals surface area (Å²) in [4.78, 5) is 0. The first-order valence-corrected chi connectivity index (χ1v) is 5.17. The third kappa shape index (κ3) is 1.54. The van der Waals surface area contributed by atoms with Gasteiger partial charge in [0.15, 0.2) is 5.60 Å². The Balaban J connectivity index is 2.33. The fourth-order valence-electron chi connectivity index (χ4n) is 1.61. The number of fused-ring (bicyclic) bond motifs is 1. The van der Waals surface area contributed by atoms with Crippen molar-refractivity contribution in [3.8, 4) is 5.75 Å². The Kier molecular flexibility index (Phi) is 2.51. The van der Waals surface area contributed by atoms with Crippen molar-refractivity contribution < 1.29 is 14.9 Å². The lowest BCUT2D eigenvalue weighted by atomic mass is 9.99. The van der Waals surface area contributed by atoms with Crippen LogP contribution < -0.4 is 4.74 Å². The monoisotopic (exact) mass is 258 g/mol. The zero-order valence-corrected chi connectivity index (χ0v) is 9.12. The normalized spacial score (nSPS) is 17.6. The number of benzene rings is 1. The minimum Gasteiger partial charge on any atom is -0.482 e. The molecule has 0 fully saturated rings. The highest BCUT2D eigenvalue weighted by atomic mass is 79.9. The fraction of sp³-hybridized carbons (Fsp3) is 0.400. The van der Waals surface area contributed by atoms with Crippen LogP contribution in [0, 0.1) is 0 Å².